The minimum absolute atomic E-state index is 0.00940. The summed E-state index contributed by atoms with van der Waals surface area (Å²) in [4.78, 5) is 22.1. The van der Waals surface area contributed by atoms with Gasteiger partial charge in [-0.3, -0.25) is 4.79 Å². The van der Waals surface area contributed by atoms with E-state index in [1.54, 1.807) is 25.1 Å². The van der Waals surface area contributed by atoms with Crippen LogP contribution in [0.4, 0.5) is 14.9 Å². The highest BCUT2D eigenvalue weighted by molar-refractivity contribution is 5.89. The molecule has 0 saturated carbocycles. The molecule has 0 spiro atoms. The van der Waals surface area contributed by atoms with E-state index >= 15 is 0 Å². The van der Waals surface area contributed by atoms with Gasteiger partial charge in [0.15, 0.2) is 0 Å². The number of aromatic nitrogens is 2. The van der Waals surface area contributed by atoms with Gasteiger partial charge < -0.3 is 15.7 Å². The Hall–Kier alpha value is -2.90. The summed E-state index contributed by atoms with van der Waals surface area (Å²) >= 11 is 0. The number of carboxylic acids is 1. The summed E-state index contributed by atoms with van der Waals surface area (Å²) in [6, 6.07) is 5.74. The van der Waals surface area contributed by atoms with Gasteiger partial charge in [-0.15, -0.1) is 0 Å². The average molecular weight is 320 g/mol. The van der Waals surface area contributed by atoms with Crippen LogP contribution in [-0.2, 0) is 4.79 Å². The van der Waals surface area contributed by atoms with E-state index in [-0.39, 0.29) is 13.0 Å². The molecule has 0 bridgehead atoms. The number of nitrogens with one attached hydrogen (secondary N) is 2. The number of hydrogen-bond acceptors (Lipinski definition) is 3. The van der Waals surface area contributed by atoms with Gasteiger partial charge in [-0.05, 0) is 25.5 Å². The molecule has 2 amide bonds. The van der Waals surface area contributed by atoms with Crippen LogP contribution in [0.2, 0.25) is 0 Å². The molecule has 122 valence electrons. The molecule has 0 aliphatic rings. The van der Waals surface area contributed by atoms with E-state index in [0.717, 1.165) is 0 Å². The van der Waals surface area contributed by atoms with Crippen molar-refractivity contribution in [3.63, 3.8) is 0 Å². The van der Waals surface area contributed by atoms with Gasteiger partial charge in [-0.1, -0.05) is 12.1 Å². The third-order valence-corrected chi connectivity index (χ3v) is 3.19. The van der Waals surface area contributed by atoms with Crippen molar-refractivity contribution in [2.45, 2.75) is 19.8 Å². The highest BCUT2D eigenvalue weighted by atomic mass is 19.1. The Kier molecular flexibility index (Phi) is 5.29. The Morgan fingerprint density at radius 1 is 1.35 bits per heavy atom. The van der Waals surface area contributed by atoms with Crippen molar-refractivity contribution in [3.8, 4) is 5.69 Å². The van der Waals surface area contributed by atoms with Gasteiger partial charge in [0, 0.05) is 13.0 Å². The van der Waals surface area contributed by atoms with E-state index in [2.05, 4.69) is 15.7 Å². The summed E-state index contributed by atoms with van der Waals surface area (Å²) in [5.41, 5.74) is 1.32. The van der Waals surface area contributed by atoms with Crippen molar-refractivity contribution in [1.29, 1.82) is 0 Å². The molecule has 0 unspecified atom stereocenters. The number of benzene rings is 1. The lowest BCUT2D eigenvalue weighted by molar-refractivity contribution is -0.137. The summed E-state index contributed by atoms with van der Waals surface area (Å²) in [7, 11) is 0. The van der Waals surface area contributed by atoms with Crippen molar-refractivity contribution in [3.05, 3.63) is 42.0 Å². The largest absolute Gasteiger partial charge is 0.481 e. The fourth-order valence-corrected chi connectivity index (χ4v) is 2.01. The summed E-state index contributed by atoms with van der Waals surface area (Å²) in [5, 5.41) is 17.7. The van der Waals surface area contributed by atoms with Gasteiger partial charge in [-0.25, -0.2) is 13.9 Å². The molecule has 2 rings (SSSR count). The molecule has 0 atom stereocenters. The van der Waals surface area contributed by atoms with Crippen molar-refractivity contribution in [2.75, 3.05) is 11.9 Å². The standard InChI is InChI=1S/C15H17FN4O3/c1-10-12(19-15(23)17-8-4-7-14(21)22)9-18-20(10)13-6-3-2-5-11(13)16/h2-3,5-6,9H,4,7-8H2,1H3,(H,21,22)(H2,17,19,23). The second-order valence-corrected chi connectivity index (χ2v) is 4.89. The van der Waals surface area contributed by atoms with E-state index < -0.39 is 17.8 Å². The molecule has 1 heterocycles. The first-order valence-corrected chi connectivity index (χ1v) is 7.05. The normalized spacial score (nSPS) is 10.3. The Balaban J connectivity index is 1.98. The van der Waals surface area contributed by atoms with Crippen LogP contribution in [0.5, 0.6) is 0 Å². The molecule has 3 N–H and O–H groups in total. The van der Waals surface area contributed by atoms with E-state index in [4.69, 9.17) is 5.11 Å². The summed E-state index contributed by atoms with van der Waals surface area (Å²) in [5.74, 6) is -1.32. The van der Waals surface area contributed by atoms with Gasteiger partial charge in [0.05, 0.1) is 17.6 Å². The lowest BCUT2D eigenvalue weighted by atomic mass is 10.3. The number of amides is 2. The fourth-order valence-electron chi connectivity index (χ4n) is 2.01. The summed E-state index contributed by atoms with van der Waals surface area (Å²) in [6.07, 6.45) is 1.76. The quantitative estimate of drug-likeness (QED) is 0.712. The predicted molar refractivity (Wildman–Crippen MR) is 82.2 cm³/mol. The minimum atomic E-state index is -0.908. The SMILES string of the molecule is Cc1c(NC(=O)NCCCC(=O)O)cnn1-c1ccccc1F. The monoisotopic (exact) mass is 320 g/mol. The molecule has 0 aliphatic heterocycles. The van der Waals surface area contributed by atoms with E-state index in [1.807, 2.05) is 0 Å². The molecule has 23 heavy (non-hydrogen) atoms. The number of nitrogens with zero attached hydrogens (tertiary/aromatic N) is 2. The van der Waals surface area contributed by atoms with Crippen LogP contribution in [0.1, 0.15) is 18.5 Å². The number of carbonyl (C=O) groups is 2. The molecule has 0 radical (unpaired) electrons. The highest BCUT2D eigenvalue weighted by Crippen LogP contribution is 2.20. The first-order chi connectivity index (χ1) is 11.0. The number of rotatable bonds is 6. The second-order valence-electron chi connectivity index (χ2n) is 4.89. The van der Waals surface area contributed by atoms with Crippen LogP contribution in [-0.4, -0.2) is 33.4 Å². The second kappa shape index (κ2) is 7.39. The molecule has 0 saturated heterocycles. The van der Waals surface area contributed by atoms with Gasteiger partial charge in [0.25, 0.3) is 0 Å². The number of halogens is 1. The zero-order valence-electron chi connectivity index (χ0n) is 12.5. The predicted octanol–water partition coefficient (Wildman–Crippen LogP) is 2.31. The molecular weight excluding hydrogens is 303 g/mol. The first-order valence-electron chi connectivity index (χ1n) is 7.05. The number of carboxylic acid groups (broad SMARTS) is 1. The maximum atomic E-state index is 13.8. The van der Waals surface area contributed by atoms with Crippen LogP contribution in [0, 0.1) is 12.7 Å². The van der Waals surface area contributed by atoms with Crippen molar-refractivity contribution in [1.82, 2.24) is 15.1 Å². The Labute approximate surface area is 132 Å². The lowest BCUT2D eigenvalue weighted by Gasteiger charge is -2.08. The summed E-state index contributed by atoms with van der Waals surface area (Å²) in [6.45, 7) is 1.96. The lowest BCUT2D eigenvalue weighted by Crippen LogP contribution is -2.30. The average Bonchev–Trinajstić information content (AvgIpc) is 2.85. The topological polar surface area (TPSA) is 96.2 Å². The van der Waals surface area contributed by atoms with Gasteiger partial charge in [0.2, 0.25) is 0 Å². The van der Waals surface area contributed by atoms with Crippen LogP contribution in [0.25, 0.3) is 5.69 Å². The number of para-hydroxylation sites is 1. The first kappa shape index (κ1) is 16.5. The van der Waals surface area contributed by atoms with Crippen LogP contribution in [0.3, 0.4) is 0 Å². The van der Waals surface area contributed by atoms with Gasteiger partial charge in [0.1, 0.15) is 11.5 Å². The Morgan fingerprint density at radius 2 is 2.09 bits per heavy atom. The fraction of sp³-hybridized carbons (Fsp3) is 0.267. The van der Waals surface area contributed by atoms with E-state index in [1.165, 1.54) is 16.9 Å². The molecular formula is C15H17FN4O3. The zero-order chi connectivity index (χ0) is 16.8. The zero-order valence-corrected chi connectivity index (χ0v) is 12.5. The summed E-state index contributed by atoms with van der Waals surface area (Å²) < 4.78 is 15.2. The Morgan fingerprint density at radius 3 is 2.78 bits per heavy atom. The maximum absolute atomic E-state index is 13.8. The van der Waals surface area contributed by atoms with Crippen molar-refractivity contribution < 1.29 is 19.1 Å². The number of anilines is 1. The van der Waals surface area contributed by atoms with E-state index in [9.17, 15) is 14.0 Å². The van der Waals surface area contributed by atoms with Crippen LogP contribution < -0.4 is 10.6 Å². The highest BCUT2D eigenvalue weighted by Gasteiger charge is 2.13. The molecule has 1 aromatic heterocycles. The number of carbonyl (C=O) groups excluding carboxylic acids is 1. The van der Waals surface area contributed by atoms with Gasteiger partial charge in [-0.2, -0.15) is 5.10 Å². The molecule has 7 nitrogen and oxygen atoms in total. The van der Waals surface area contributed by atoms with Gasteiger partial charge >= 0.3 is 12.0 Å². The smallest absolute Gasteiger partial charge is 0.319 e. The minimum Gasteiger partial charge on any atom is -0.481 e. The third-order valence-electron chi connectivity index (χ3n) is 3.19. The molecule has 8 heteroatoms. The Bertz CT molecular complexity index is 714. The molecule has 2 aromatic rings. The van der Waals surface area contributed by atoms with Crippen molar-refractivity contribution >= 4 is 17.7 Å². The van der Waals surface area contributed by atoms with Crippen LogP contribution in [0.15, 0.2) is 30.5 Å². The van der Waals surface area contributed by atoms with Crippen LogP contribution >= 0.6 is 0 Å². The number of hydrogen-bond donors (Lipinski definition) is 3. The number of aliphatic carboxylic acids is 1. The molecule has 0 aliphatic carbocycles. The van der Waals surface area contributed by atoms with Crippen molar-refractivity contribution in [2.24, 2.45) is 0 Å². The van der Waals surface area contributed by atoms with E-state index in [0.29, 0.717) is 23.5 Å². The number of urea groups is 1. The molecule has 0 fully saturated rings. The molecule has 1 aromatic carbocycles. The maximum Gasteiger partial charge on any atom is 0.319 e. The third kappa shape index (κ3) is 4.29.